The fraction of sp³-hybridized carbons (Fsp3) is 0.400. The molecular formula is C15H20N2O3S. The number of hydrogen-bond acceptors (Lipinski definition) is 4. The molecule has 0 saturated heterocycles. The molecule has 0 aliphatic rings. The molecule has 21 heavy (non-hydrogen) atoms. The number of hydrogen-bond donors (Lipinski definition) is 2. The molecule has 1 rings (SSSR count). The van der Waals surface area contributed by atoms with Crippen molar-refractivity contribution in [2.24, 2.45) is 5.73 Å². The van der Waals surface area contributed by atoms with Crippen LogP contribution in [-0.2, 0) is 9.84 Å². The molecule has 5 nitrogen and oxygen atoms in total. The lowest BCUT2D eigenvalue weighted by Gasteiger charge is -2.14. The maximum absolute atomic E-state index is 12.2. The van der Waals surface area contributed by atoms with Gasteiger partial charge >= 0.3 is 0 Å². The molecule has 1 unspecified atom stereocenters. The van der Waals surface area contributed by atoms with Gasteiger partial charge in [-0.3, -0.25) is 4.79 Å². The summed E-state index contributed by atoms with van der Waals surface area (Å²) < 4.78 is 22.4. The number of nitrogens with two attached hydrogens (primary N) is 1. The summed E-state index contributed by atoms with van der Waals surface area (Å²) >= 11 is 0. The van der Waals surface area contributed by atoms with Gasteiger partial charge in [-0.1, -0.05) is 17.9 Å². The Morgan fingerprint density at radius 3 is 2.67 bits per heavy atom. The zero-order valence-corrected chi connectivity index (χ0v) is 13.3. The van der Waals surface area contributed by atoms with Crippen LogP contribution in [0.1, 0.15) is 28.4 Å². The first-order valence-corrected chi connectivity index (χ1v) is 8.57. The summed E-state index contributed by atoms with van der Waals surface area (Å²) in [6, 6.07) is 4.79. The van der Waals surface area contributed by atoms with Crippen molar-refractivity contribution in [1.29, 1.82) is 0 Å². The van der Waals surface area contributed by atoms with Gasteiger partial charge in [0.1, 0.15) is 9.84 Å². The Morgan fingerprint density at radius 1 is 1.43 bits per heavy atom. The summed E-state index contributed by atoms with van der Waals surface area (Å²) in [5, 5.41) is 2.69. The zero-order valence-electron chi connectivity index (χ0n) is 12.4. The van der Waals surface area contributed by atoms with E-state index in [1.54, 1.807) is 26.0 Å². The van der Waals surface area contributed by atoms with Gasteiger partial charge in [0, 0.05) is 23.4 Å². The molecule has 114 valence electrons. The number of carbonyl (C=O) groups is 1. The molecule has 0 spiro atoms. The van der Waals surface area contributed by atoms with E-state index in [2.05, 4.69) is 17.2 Å². The van der Waals surface area contributed by atoms with E-state index in [0.717, 1.165) is 17.4 Å². The van der Waals surface area contributed by atoms with Gasteiger partial charge in [-0.25, -0.2) is 8.42 Å². The lowest BCUT2D eigenvalue weighted by molar-refractivity contribution is 0.0943. The van der Waals surface area contributed by atoms with E-state index in [0.29, 0.717) is 5.56 Å². The number of benzene rings is 1. The molecule has 0 aromatic heterocycles. The number of amides is 1. The Bertz CT molecular complexity index is 685. The highest BCUT2D eigenvalue weighted by atomic mass is 32.2. The van der Waals surface area contributed by atoms with Crippen LogP contribution >= 0.6 is 0 Å². The highest BCUT2D eigenvalue weighted by molar-refractivity contribution is 7.90. The number of nitrogens with one attached hydrogen (secondary N) is 1. The van der Waals surface area contributed by atoms with Crippen LogP contribution in [0.3, 0.4) is 0 Å². The summed E-state index contributed by atoms with van der Waals surface area (Å²) in [7, 11) is -3.13. The van der Waals surface area contributed by atoms with Crippen LogP contribution in [0, 0.1) is 18.8 Å². The van der Waals surface area contributed by atoms with Crippen LogP contribution in [0.15, 0.2) is 18.2 Å². The van der Waals surface area contributed by atoms with E-state index in [1.807, 2.05) is 6.07 Å². The molecule has 1 amide bonds. The molecule has 3 N–H and O–H groups in total. The summed E-state index contributed by atoms with van der Waals surface area (Å²) in [5.41, 5.74) is 7.32. The van der Waals surface area contributed by atoms with Gasteiger partial charge in [0.25, 0.3) is 5.91 Å². The van der Waals surface area contributed by atoms with Gasteiger partial charge in [0.15, 0.2) is 0 Å². The number of sulfone groups is 1. The molecular weight excluding hydrogens is 288 g/mol. The summed E-state index contributed by atoms with van der Waals surface area (Å²) in [6.45, 7) is 3.71. The second-order valence-corrected chi connectivity index (χ2v) is 7.14. The van der Waals surface area contributed by atoms with Crippen LogP contribution in [-0.4, -0.2) is 38.9 Å². The molecule has 0 heterocycles. The summed E-state index contributed by atoms with van der Waals surface area (Å²) in [6.07, 6.45) is 1.14. The maximum Gasteiger partial charge on any atom is 0.251 e. The average molecular weight is 308 g/mol. The van der Waals surface area contributed by atoms with Crippen LogP contribution in [0.5, 0.6) is 0 Å². The monoisotopic (exact) mass is 308 g/mol. The van der Waals surface area contributed by atoms with Crippen molar-refractivity contribution in [3.8, 4) is 11.8 Å². The van der Waals surface area contributed by atoms with E-state index in [9.17, 15) is 13.2 Å². The van der Waals surface area contributed by atoms with Crippen molar-refractivity contribution in [3.05, 3.63) is 34.9 Å². The molecule has 1 atom stereocenters. The molecule has 0 aliphatic carbocycles. The minimum atomic E-state index is -3.13. The second-order valence-electron chi connectivity index (χ2n) is 4.95. The fourth-order valence-corrected chi connectivity index (χ4v) is 2.95. The minimum absolute atomic E-state index is 0.0928. The molecule has 1 aromatic carbocycles. The molecule has 0 bridgehead atoms. The Balaban J connectivity index is 2.93. The van der Waals surface area contributed by atoms with E-state index < -0.39 is 15.9 Å². The van der Waals surface area contributed by atoms with Crippen molar-refractivity contribution in [3.63, 3.8) is 0 Å². The van der Waals surface area contributed by atoms with Gasteiger partial charge in [0.2, 0.25) is 0 Å². The predicted octanol–water partition coefficient (Wildman–Crippen LogP) is 0.468. The maximum atomic E-state index is 12.2. The van der Waals surface area contributed by atoms with E-state index in [1.165, 1.54) is 0 Å². The lowest BCUT2D eigenvalue weighted by atomic mass is 10.0. The molecule has 0 saturated carbocycles. The van der Waals surface area contributed by atoms with E-state index >= 15 is 0 Å². The van der Waals surface area contributed by atoms with Gasteiger partial charge in [0.05, 0.1) is 12.3 Å². The summed E-state index contributed by atoms with van der Waals surface area (Å²) in [5.74, 6) is 5.26. The van der Waals surface area contributed by atoms with Crippen LogP contribution < -0.4 is 11.1 Å². The highest BCUT2D eigenvalue weighted by Crippen LogP contribution is 2.13. The van der Waals surface area contributed by atoms with Gasteiger partial charge in [-0.15, -0.1) is 0 Å². The first kappa shape index (κ1) is 17.2. The lowest BCUT2D eigenvalue weighted by Crippen LogP contribution is -2.37. The zero-order chi connectivity index (χ0) is 16.0. The van der Waals surface area contributed by atoms with E-state index in [4.69, 9.17) is 5.73 Å². The standard InChI is InChI=1S/C15H20N2O3S/c1-11(10-21(3,19)20)17-15(18)14-8-4-6-13(12(14)2)7-5-9-16/h4,6,8,11H,9-10,16H2,1-3H3,(H,17,18). The third-order valence-electron chi connectivity index (χ3n) is 2.83. The third kappa shape index (κ3) is 5.58. The molecule has 0 radical (unpaired) electrons. The predicted molar refractivity (Wildman–Crippen MR) is 83.8 cm³/mol. The molecule has 0 aliphatic heterocycles. The van der Waals surface area contributed by atoms with Crippen LogP contribution in [0.4, 0.5) is 0 Å². The van der Waals surface area contributed by atoms with Gasteiger partial charge in [-0.05, 0) is 31.5 Å². The largest absolute Gasteiger partial charge is 0.349 e. The minimum Gasteiger partial charge on any atom is -0.349 e. The average Bonchev–Trinajstić information content (AvgIpc) is 2.35. The quantitative estimate of drug-likeness (QED) is 0.791. The normalized spacial score (nSPS) is 12.2. The van der Waals surface area contributed by atoms with Crippen molar-refractivity contribution in [2.45, 2.75) is 19.9 Å². The van der Waals surface area contributed by atoms with Crippen LogP contribution in [0.2, 0.25) is 0 Å². The first-order chi connectivity index (χ1) is 9.74. The highest BCUT2D eigenvalue weighted by Gasteiger charge is 2.16. The van der Waals surface area contributed by atoms with Crippen LogP contribution in [0.25, 0.3) is 0 Å². The van der Waals surface area contributed by atoms with Crippen molar-refractivity contribution in [1.82, 2.24) is 5.32 Å². The van der Waals surface area contributed by atoms with Crippen molar-refractivity contribution in [2.75, 3.05) is 18.6 Å². The Morgan fingerprint density at radius 2 is 2.10 bits per heavy atom. The molecule has 6 heteroatoms. The first-order valence-electron chi connectivity index (χ1n) is 6.51. The topological polar surface area (TPSA) is 89.3 Å². The Hall–Kier alpha value is -1.84. The third-order valence-corrected chi connectivity index (χ3v) is 3.94. The van der Waals surface area contributed by atoms with Gasteiger partial charge < -0.3 is 11.1 Å². The number of rotatable bonds is 4. The fourth-order valence-electron chi connectivity index (χ4n) is 1.96. The Labute approximate surface area is 125 Å². The number of carbonyl (C=O) groups excluding carboxylic acids is 1. The van der Waals surface area contributed by atoms with Gasteiger partial charge in [-0.2, -0.15) is 0 Å². The second kappa shape index (κ2) is 7.25. The molecule has 1 aromatic rings. The van der Waals surface area contributed by atoms with Crippen molar-refractivity contribution >= 4 is 15.7 Å². The van der Waals surface area contributed by atoms with Crippen molar-refractivity contribution < 1.29 is 13.2 Å². The van der Waals surface area contributed by atoms with E-state index in [-0.39, 0.29) is 18.2 Å². The summed E-state index contributed by atoms with van der Waals surface area (Å²) in [4.78, 5) is 12.2. The molecule has 0 fully saturated rings. The smallest absolute Gasteiger partial charge is 0.251 e. The SMILES string of the molecule is Cc1c(C#CCN)cccc1C(=O)NC(C)CS(C)(=O)=O. The Kier molecular flexibility index (Phi) is 5.94.